The molecule has 1 aromatic carbocycles. The van der Waals surface area contributed by atoms with E-state index in [-0.39, 0.29) is 16.8 Å². The minimum atomic E-state index is -1.73. The van der Waals surface area contributed by atoms with E-state index >= 15 is 0 Å². The van der Waals surface area contributed by atoms with Crippen molar-refractivity contribution in [3.63, 3.8) is 0 Å². The number of benzene rings is 1. The molecule has 3 aliphatic rings. The minimum absolute atomic E-state index is 0.0307. The summed E-state index contributed by atoms with van der Waals surface area (Å²) in [6.07, 6.45) is -2.51. The molecule has 1 aliphatic carbocycles. The van der Waals surface area contributed by atoms with Gasteiger partial charge in [-0.05, 0) is 19.1 Å². The third kappa shape index (κ3) is 2.48. The van der Waals surface area contributed by atoms with Crippen LogP contribution in [0.5, 0.6) is 0 Å². The van der Waals surface area contributed by atoms with Crippen molar-refractivity contribution in [3.8, 4) is 0 Å². The van der Waals surface area contributed by atoms with Gasteiger partial charge in [-0.15, -0.1) is 0 Å². The van der Waals surface area contributed by atoms with Gasteiger partial charge in [0.15, 0.2) is 6.10 Å². The summed E-state index contributed by atoms with van der Waals surface area (Å²) in [6, 6.07) is 4.75. The molecule has 2 N–H and O–H groups in total. The number of carbonyl (C=O) groups excluding carboxylic acids is 2. The Labute approximate surface area is 152 Å². The summed E-state index contributed by atoms with van der Waals surface area (Å²) in [5.74, 6) is -3.11. The number of non-ortho nitro benzene ring substituents is 1. The smallest absolute Gasteiger partial charge is 0.338 e. The highest BCUT2D eigenvalue weighted by atomic mass is 16.6. The van der Waals surface area contributed by atoms with Gasteiger partial charge in [-0.2, -0.15) is 0 Å². The third-order valence-corrected chi connectivity index (χ3v) is 5.32. The van der Waals surface area contributed by atoms with Crippen molar-refractivity contribution in [1.29, 1.82) is 0 Å². The maximum Gasteiger partial charge on any atom is 0.338 e. The number of rotatable bonds is 3. The van der Waals surface area contributed by atoms with Gasteiger partial charge in [-0.1, -0.05) is 0 Å². The zero-order chi connectivity index (χ0) is 19.5. The second kappa shape index (κ2) is 5.76. The molecule has 2 aliphatic heterocycles. The SMILES string of the molecule is C[C@]1(O)[C@@H](OC(=O)c2ccc([N+](=O)[O-])cc2)[C@H]2OC(=O)C3=COC(O)[C@H]1[C@@H]32. The number of nitro benzene ring substituents is 1. The van der Waals surface area contributed by atoms with Gasteiger partial charge in [-0.25, -0.2) is 9.59 Å². The highest BCUT2D eigenvalue weighted by Crippen LogP contribution is 2.54. The number of hydrogen-bond acceptors (Lipinski definition) is 9. The van der Waals surface area contributed by atoms with Gasteiger partial charge in [0, 0.05) is 18.1 Å². The quantitative estimate of drug-likeness (QED) is 0.431. The number of carbonyl (C=O) groups is 2. The molecule has 0 bridgehead atoms. The van der Waals surface area contributed by atoms with Crippen molar-refractivity contribution >= 4 is 17.6 Å². The van der Waals surface area contributed by atoms with Crippen molar-refractivity contribution in [2.45, 2.75) is 31.0 Å². The molecule has 1 saturated carbocycles. The fourth-order valence-corrected chi connectivity index (χ4v) is 4.02. The average Bonchev–Trinajstić information content (AvgIpc) is 3.05. The maximum atomic E-state index is 12.5. The molecule has 2 heterocycles. The van der Waals surface area contributed by atoms with E-state index in [1.165, 1.54) is 19.1 Å². The second-order valence-corrected chi connectivity index (χ2v) is 6.88. The first-order valence-electron chi connectivity index (χ1n) is 8.14. The lowest BCUT2D eigenvalue weighted by Gasteiger charge is -2.36. The lowest BCUT2D eigenvalue weighted by atomic mass is 9.81. The number of aliphatic hydroxyl groups excluding tert-OH is 1. The summed E-state index contributed by atoms with van der Waals surface area (Å²) in [5.41, 5.74) is -1.72. The molecule has 0 amide bonds. The van der Waals surface area contributed by atoms with Crippen LogP contribution in [0.25, 0.3) is 0 Å². The molecule has 10 heteroatoms. The summed E-state index contributed by atoms with van der Waals surface area (Å²) in [7, 11) is 0. The van der Waals surface area contributed by atoms with E-state index in [0.717, 1.165) is 18.4 Å². The van der Waals surface area contributed by atoms with E-state index < -0.39 is 52.8 Å². The summed E-state index contributed by atoms with van der Waals surface area (Å²) in [6.45, 7) is 1.37. The molecule has 0 aromatic heterocycles. The van der Waals surface area contributed by atoms with E-state index in [1.54, 1.807) is 0 Å². The number of esters is 2. The Bertz CT molecular complexity index is 860. The summed E-state index contributed by atoms with van der Waals surface area (Å²) >= 11 is 0. The highest BCUT2D eigenvalue weighted by Gasteiger charge is 2.69. The van der Waals surface area contributed by atoms with Crippen molar-refractivity contribution in [2.24, 2.45) is 11.8 Å². The third-order valence-electron chi connectivity index (χ3n) is 5.32. The molecule has 1 saturated heterocycles. The number of ether oxygens (including phenoxy) is 3. The molecule has 10 nitrogen and oxygen atoms in total. The predicted molar refractivity (Wildman–Crippen MR) is 85.0 cm³/mol. The lowest BCUT2D eigenvalue weighted by Crippen LogP contribution is -2.50. The fraction of sp³-hybridized carbons (Fsp3) is 0.412. The van der Waals surface area contributed by atoms with Crippen molar-refractivity contribution < 1.29 is 38.9 Å². The van der Waals surface area contributed by atoms with Gasteiger partial charge in [-0.3, -0.25) is 10.1 Å². The Morgan fingerprint density at radius 3 is 2.63 bits per heavy atom. The molecule has 0 radical (unpaired) electrons. The van der Waals surface area contributed by atoms with Crippen LogP contribution in [0, 0.1) is 22.0 Å². The number of nitro groups is 1. The number of aliphatic hydroxyl groups is 2. The van der Waals surface area contributed by atoms with Gasteiger partial charge in [0.05, 0.1) is 28.2 Å². The zero-order valence-electron chi connectivity index (χ0n) is 14.0. The van der Waals surface area contributed by atoms with Crippen LogP contribution in [0.2, 0.25) is 0 Å². The van der Waals surface area contributed by atoms with Crippen LogP contribution in [0.1, 0.15) is 17.3 Å². The summed E-state index contributed by atoms with van der Waals surface area (Å²) in [4.78, 5) is 34.5. The van der Waals surface area contributed by atoms with E-state index in [9.17, 15) is 29.9 Å². The fourth-order valence-electron chi connectivity index (χ4n) is 4.02. The molecule has 4 rings (SSSR count). The van der Waals surface area contributed by atoms with Crippen LogP contribution in [-0.4, -0.2) is 51.2 Å². The lowest BCUT2D eigenvalue weighted by molar-refractivity contribution is -0.384. The molecular weight excluding hydrogens is 362 g/mol. The monoisotopic (exact) mass is 377 g/mol. The Kier molecular flexibility index (Phi) is 3.72. The van der Waals surface area contributed by atoms with Gasteiger partial charge in [0.1, 0.15) is 11.7 Å². The van der Waals surface area contributed by atoms with E-state index in [4.69, 9.17) is 14.2 Å². The Morgan fingerprint density at radius 1 is 1.33 bits per heavy atom. The number of hydrogen-bond donors (Lipinski definition) is 2. The first kappa shape index (κ1) is 17.4. The normalized spacial score (nSPS) is 36.3. The first-order chi connectivity index (χ1) is 12.7. The minimum Gasteiger partial charge on any atom is -0.472 e. The van der Waals surface area contributed by atoms with Gasteiger partial charge in [0.25, 0.3) is 5.69 Å². The van der Waals surface area contributed by atoms with E-state index in [2.05, 4.69) is 0 Å². The van der Waals surface area contributed by atoms with Crippen LogP contribution < -0.4 is 0 Å². The molecule has 142 valence electrons. The number of nitrogens with zero attached hydrogens (tertiary/aromatic N) is 1. The van der Waals surface area contributed by atoms with Crippen LogP contribution in [0.4, 0.5) is 5.69 Å². The first-order valence-corrected chi connectivity index (χ1v) is 8.14. The summed E-state index contributed by atoms with van der Waals surface area (Å²) in [5, 5.41) is 31.7. The standard InChI is InChI=1S/C17H15NO9/c1-17(22)11-10-9(6-25-16(11)21)15(20)26-12(10)13(17)27-14(19)7-2-4-8(5-3-7)18(23)24/h2-6,10-13,16,21-22H,1H3/t10-,11-,12+,13+,16?,17-/m1/s1. The van der Waals surface area contributed by atoms with Gasteiger partial charge >= 0.3 is 11.9 Å². The Hall–Kier alpha value is -2.98. The molecule has 6 atom stereocenters. The maximum absolute atomic E-state index is 12.5. The molecule has 0 spiro atoms. The van der Waals surface area contributed by atoms with Gasteiger partial charge < -0.3 is 24.4 Å². The molecular formula is C17H15NO9. The van der Waals surface area contributed by atoms with Gasteiger partial charge in [0.2, 0.25) is 6.29 Å². The molecule has 2 fully saturated rings. The van der Waals surface area contributed by atoms with Crippen LogP contribution in [0.3, 0.4) is 0 Å². The Morgan fingerprint density at radius 2 is 2.00 bits per heavy atom. The van der Waals surface area contributed by atoms with Crippen LogP contribution in [-0.2, 0) is 19.0 Å². The topological polar surface area (TPSA) is 145 Å². The summed E-state index contributed by atoms with van der Waals surface area (Å²) < 4.78 is 15.7. The van der Waals surface area contributed by atoms with Crippen LogP contribution >= 0.6 is 0 Å². The van der Waals surface area contributed by atoms with Crippen molar-refractivity contribution in [1.82, 2.24) is 0 Å². The zero-order valence-corrected chi connectivity index (χ0v) is 14.0. The largest absolute Gasteiger partial charge is 0.472 e. The highest BCUT2D eigenvalue weighted by molar-refractivity contribution is 5.93. The predicted octanol–water partition coefficient (Wildman–Crippen LogP) is 0.275. The van der Waals surface area contributed by atoms with E-state index in [0.29, 0.717) is 0 Å². The molecule has 27 heavy (non-hydrogen) atoms. The van der Waals surface area contributed by atoms with Crippen molar-refractivity contribution in [2.75, 3.05) is 0 Å². The average molecular weight is 377 g/mol. The molecule has 1 unspecified atom stereocenters. The van der Waals surface area contributed by atoms with Crippen molar-refractivity contribution in [3.05, 3.63) is 51.8 Å². The molecule has 1 aromatic rings. The Balaban J connectivity index is 1.62. The second-order valence-electron chi connectivity index (χ2n) is 6.88. The van der Waals surface area contributed by atoms with Crippen LogP contribution in [0.15, 0.2) is 36.1 Å². The van der Waals surface area contributed by atoms with E-state index in [1.807, 2.05) is 0 Å².